The quantitative estimate of drug-likeness (QED) is 0.870. The van der Waals surface area contributed by atoms with Crippen molar-refractivity contribution in [1.29, 1.82) is 0 Å². The summed E-state index contributed by atoms with van der Waals surface area (Å²) in [5.41, 5.74) is 0.578. The van der Waals surface area contributed by atoms with Crippen molar-refractivity contribution in [3.8, 4) is 0 Å². The highest BCUT2D eigenvalue weighted by Gasteiger charge is 2.24. The Hall–Kier alpha value is -1.46. The van der Waals surface area contributed by atoms with E-state index in [1.54, 1.807) is 0 Å². The monoisotopic (exact) mass is 280 g/mol. The fourth-order valence-corrected chi connectivity index (χ4v) is 2.54. The second-order valence-electron chi connectivity index (χ2n) is 5.08. The molecule has 2 rings (SSSR count). The molecular weight excluding hydrogens is 259 g/mol. The molecule has 110 valence electrons. The number of hydrogen-bond acceptors (Lipinski definition) is 3. The van der Waals surface area contributed by atoms with Crippen molar-refractivity contribution in [2.75, 3.05) is 19.0 Å². The number of rotatable bonds is 5. The van der Waals surface area contributed by atoms with Crippen LogP contribution in [0.25, 0.3) is 0 Å². The second-order valence-corrected chi connectivity index (χ2v) is 5.08. The summed E-state index contributed by atoms with van der Waals surface area (Å²) in [6.45, 7) is 0.0280. The number of halogens is 1. The van der Waals surface area contributed by atoms with Crippen LogP contribution in [0.4, 0.5) is 10.1 Å². The molecule has 1 saturated carbocycles. The van der Waals surface area contributed by atoms with E-state index < -0.39 is 0 Å². The van der Waals surface area contributed by atoms with E-state index in [2.05, 4.69) is 10.6 Å². The van der Waals surface area contributed by atoms with Crippen LogP contribution in [-0.4, -0.2) is 31.7 Å². The molecule has 2 unspecified atom stereocenters. The molecule has 0 radical (unpaired) electrons. The first kappa shape index (κ1) is 14.9. The van der Waals surface area contributed by atoms with Crippen LogP contribution >= 0.6 is 0 Å². The first-order valence-corrected chi connectivity index (χ1v) is 7.03. The van der Waals surface area contributed by atoms with Crippen molar-refractivity contribution in [3.63, 3.8) is 0 Å². The fraction of sp³-hybridized carbons (Fsp3) is 0.533. The van der Waals surface area contributed by atoms with Gasteiger partial charge >= 0.3 is 0 Å². The molecule has 4 nitrogen and oxygen atoms in total. The van der Waals surface area contributed by atoms with E-state index in [9.17, 15) is 9.18 Å². The van der Waals surface area contributed by atoms with Crippen LogP contribution in [0.5, 0.6) is 0 Å². The Morgan fingerprint density at radius 3 is 2.70 bits per heavy atom. The maximum Gasteiger partial charge on any atom is 0.250 e. The molecular formula is C15H21FN2O2. The van der Waals surface area contributed by atoms with E-state index in [1.165, 1.54) is 30.7 Å². The van der Waals surface area contributed by atoms with Crippen LogP contribution < -0.4 is 10.6 Å². The number of anilines is 1. The van der Waals surface area contributed by atoms with Crippen LogP contribution in [-0.2, 0) is 9.53 Å². The number of hydrogen-bond donors (Lipinski definition) is 2. The molecule has 1 aromatic rings. The van der Waals surface area contributed by atoms with E-state index in [0.717, 1.165) is 19.3 Å². The van der Waals surface area contributed by atoms with Crippen molar-refractivity contribution in [3.05, 3.63) is 30.1 Å². The highest BCUT2D eigenvalue weighted by Crippen LogP contribution is 2.21. The van der Waals surface area contributed by atoms with Crippen LogP contribution in [0.15, 0.2) is 24.3 Å². The normalized spacial score (nSPS) is 22.5. The highest BCUT2D eigenvalue weighted by molar-refractivity contribution is 5.91. The van der Waals surface area contributed by atoms with Crippen LogP contribution in [0, 0.1) is 5.82 Å². The Morgan fingerprint density at radius 1 is 1.30 bits per heavy atom. The summed E-state index contributed by atoms with van der Waals surface area (Å²) in [6, 6.07) is 6.01. The van der Waals surface area contributed by atoms with E-state index in [-0.39, 0.29) is 24.4 Å². The summed E-state index contributed by atoms with van der Waals surface area (Å²) >= 11 is 0. The Balaban J connectivity index is 1.78. The zero-order chi connectivity index (χ0) is 14.4. The van der Waals surface area contributed by atoms with Crippen molar-refractivity contribution in [1.82, 2.24) is 5.32 Å². The summed E-state index contributed by atoms with van der Waals surface area (Å²) in [6.07, 6.45) is 4.50. The Bertz CT molecular complexity index is 436. The predicted molar refractivity (Wildman–Crippen MR) is 76.1 cm³/mol. The number of likely N-dealkylation sites (N-methyl/N-ethyl adjacent to an activating group) is 1. The number of nitrogens with one attached hydrogen (secondary N) is 2. The Labute approximate surface area is 118 Å². The largest absolute Gasteiger partial charge is 0.367 e. The Kier molecular flexibility index (Phi) is 5.49. The summed E-state index contributed by atoms with van der Waals surface area (Å²) in [7, 11) is 1.92. The molecule has 1 aliphatic carbocycles. The lowest BCUT2D eigenvalue weighted by atomic mass is 9.92. The lowest BCUT2D eigenvalue weighted by molar-refractivity contribution is -0.123. The van der Waals surface area contributed by atoms with Gasteiger partial charge in [0.15, 0.2) is 0 Å². The zero-order valence-electron chi connectivity index (χ0n) is 11.7. The minimum atomic E-state index is -0.321. The van der Waals surface area contributed by atoms with Gasteiger partial charge in [-0.15, -0.1) is 0 Å². The lowest BCUT2D eigenvalue weighted by Crippen LogP contribution is -2.42. The molecule has 0 spiro atoms. The summed E-state index contributed by atoms with van der Waals surface area (Å²) in [5.74, 6) is -0.532. The summed E-state index contributed by atoms with van der Waals surface area (Å²) in [4.78, 5) is 11.8. The molecule has 0 heterocycles. The maximum absolute atomic E-state index is 12.8. The smallest absolute Gasteiger partial charge is 0.250 e. The molecule has 20 heavy (non-hydrogen) atoms. The van der Waals surface area contributed by atoms with Gasteiger partial charge in [0.1, 0.15) is 12.4 Å². The average molecular weight is 280 g/mol. The topological polar surface area (TPSA) is 50.4 Å². The van der Waals surface area contributed by atoms with Gasteiger partial charge < -0.3 is 15.4 Å². The number of carbonyl (C=O) groups is 1. The van der Waals surface area contributed by atoms with Crippen molar-refractivity contribution in [2.45, 2.75) is 37.8 Å². The van der Waals surface area contributed by atoms with Gasteiger partial charge in [-0.25, -0.2) is 4.39 Å². The van der Waals surface area contributed by atoms with Gasteiger partial charge in [-0.2, -0.15) is 0 Å². The molecule has 0 saturated heterocycles. The van der Waals surface area contributed by atoms with Crippen molar-refractivity contribution < 1.29 is 13.9 Å². The van der Waals surface area contributed by atoms with E-state index in [1.807, 2.05) is 7.05 Å². The van der Waals surface area contributed by atoms with Crippen molar-refractivity contribution in [2.24, 2.45) is 0 Å². The molecule has 1 amide bonds. The van der Waals surface area contributed by atoms with E-state index in [0.29, 0.717) is 11.7 Å². The lowest BCUT2D eigenvalue weighted by Gasteiger charge is -2.30. The van der Waals surface area contributed by atoms with Gasteiger partial charge in [-0.1, -0.05) is 12.8 Å². The van der Waals surface area contributed by atoms with E-state index in [4.69, 9.17) is 4.74 Å². The molecule has 1 aliphatic rings. The second kappa shape index (κ2) is 7.36. The first-order valence-electron chi connectivity index (χ1n) is 7.03. The highest BCUT2D eigenvalue weighted by atomic mass is 19.1. The molecule has 0 bridgehead atoms. The van der Waals surface area contributed by atoms with Gasteiger partial charge in [0.25, 0.3) is 0 Å². The first-order chi connectivity index (χ1) is 9.69. The van der Waals surface area contributed by atoms with Crippen LogP contribution in [0.1, 0.15) is 25.7 Å². The van der Waals surface area contributed by atoms with Crippen LogP contribution in [0.2, 0.25) is 0 Å². The summed E-state index contributed by atoms with van der Waals surface area (Å²) in [5, 5.41) is 5.93. The van der Waals surface area contributed by atoms with Gasteiger partial charge in [0, 0.05) is 11.7 Å². The molecule has 2 atom stereocenters. The average Bonchev–Trinajstić information content (AvgIpc) is 2.48. The summed E-state index contributed by atoms with van der Waals surface area (Å²) < 4.78 is 18.4. The van der Waals surface area contributed by atoms with Gasteiger partial charge in [0.2, 0.25) is 5.91 Å². The van der Waals surface area contributed by atoms with Gasteiger partial charge in [-0.3, -0.25) is 4.79 Å². The zero-order valence-corrected chi connectivity index (χ0v) is 11.7. The Morgan fingerprint density at radius 2 is 2.00 bits per heavy atom. The molecule has 5 heteroatoms. The van der Waals surface area contributed by atoms with E-state index >= 15 is 0 Å². The third-order valence-corrected chi connectivity index (χ3v) is 3.63. The van der Waals surface area contributed by atoms with Gasteiger partial charge in [0.05, 0.1) is 6.10 Å². The van der Waals surface area contributed by atoms with Crippen LogP contribution in [0.3, 0.4) is 0 Å². The molecule has 2 N–H and O–H groups in total. The predicted octanol–water partition coefficient (Wildman–Crippen LogP) is 2.31. The fourth-order valence-electron chi connectivity index (χ4n) is 2.54. The minimum absolute atomic E-state index is 0.0280. The number of ether oxygens (including phenoxy) is 1. The number of benzene rings is 1. The molecule has 0 aliphatic heterocycles. The third kappa shape index (κ3) is 4.28. The number of carbonyl (C=O) groups excluding carboxylic acids is 1. The molecule has 1 aromatic carbocycles. The minimum Gasteiger partial charge on any atom is -0.367 e. The maximum atomic E-state index is 12.8. The van der Waals surface area contributed by atoms with Gasteiger partial charge in [-0.05, 0) is 44.2 Å². The van der Waals surface area contributed by atoms with Crippen molar-refractivity contribution >= 4 is 11.6 Å². The molecule has 0 aromatic heterocycles. The standard InChI is InChI=1S/C15H21FN2O2/c1-17-13-4-2-3-5-14(13)20-10-15(19)18-12-8-6-11(16)7-9-12/h6-9,13-14,17H,2-5,10H2,1H3,(H,18,19). The number of amides is 1. The third-order valence-electron chi connectivity index (χ3n) is 3.63. The molecule has 1 fully saturated rings. The SMILES string of the molecule is CNC1CCCCC1OCC(=O)Nc1ccc(F)cc1.